The third-order valence-electron chi connectivity index (χ3n) is 1.54. The highest BCUT2D eigenvalue weighted by Crippen LogP contribution is 2.13. The second-order valence-corrected chi connectivity index (χ2v) is 4.30. The Morgan fingerprint density at radius 3 is 2.92 bits per heavy atom. The van der Waals surface area contributed by atoms with Crippen LogP contribution >= 0.6 is 11.3 Å². The predicted molar refractivity (Wildman–Crippen MR) is 53.4 cm³/mol. The molecule has 0 aliphatic heterocycles. The summed E-state index contributed by atoms with van der Waals surface area (Å²) in [5, 5.41) is 6.49. The maximum Gasteiger partial charge on any atom is 0.0931 e. The zero-order chi connectivity index (χ0) is 8.97. The molecule has 0 atom stereocenters. The third-order valence-corrected chi connectivity index (χ3v) is 2.46. The molecule has 1 aromatic heterocycles. The Morgan fingerprint density at radius 2 is 2.33 bits per heavy atom. The quantitative estimate of drug-likeness (QED) is 0.774. The molecule has 0 spiro atoms. The van der Waals surface area contributed by atoms with E-state index in [1.54, 1.807) is 11.3 Å². The van der Waals surface area contributed by atoms with E-state index < -0.39 is 0 Å². The molecule has 0 amide bonds. The third kappa shape index (κ3) is 2.91. The first kappa shape index (κ1) is 9.68. The minimum atomic E-state index is 0.707. The first-order chi connectivity index (χ1) is 5.72. The highest BCUT2D eigenvalue weighted by atomic mass is 32.1. The Kier molecular flexibility index (Phi) is 3.69. The molecule has 2 nitrogen and oxygen atoms in total. The standard InChI is InChI=1S/C9H16N2S/c1-7(2)4-9-11-8(5-10-3)6-12-9/h6-7,10H,4-5H2,1-3H3. The van der Waals surface area contributed by atoms with Crippen LogP contribution in [0.4, 0.5) is 0 Å². The zero-order valence-electron chi connectivity index (χ0n) is 7.92. The van der Waals surface area contributed by atoms with Crippen LogP contribution in [0.25, 0.3) is 0 Å². The molecule has 0 fully saturated rings. The van der Waals surface area contributed by atoms with Gasteiger partial charge < -0.3 is 5.32 Å². The molecule has 0 unspecified atom stereocenters. The maximum absolute atomic E-state index is 4.50. The Morgan fingerprint density at radius 1 is 1.58 bits per heavy atom. The van der Waals surface area contributed by atoms with Gasteiger partial charge in [-0.25, -0.2) is 4.98 Å². The number of thiazole rings is 1. The van der Waals surface area contributed by atoms with Crippen LogP contribution in [0.1, 0.15) is 24.5 Å². The largest absolute Gasteiger partial charge is 0.314 e. The summed E-state index contributed by atoms with van der Waals surface area (Å²) < 4.78 is 0. The highest BCUT2D eigenvalue weighted by Gasteiger charge is 2.02. The number of nitrogens with zero attached hydrogens (tertiary/aromatic N) is 1. The second kappa shape index (κ2) is 4.58. The van der Waals surface area contributed by atoms with Crippen LogP contribution in [0.3, 0.4) is 0 Å². The lowest BCUT2D eigenvalue weighted by molar-refractivity contribution is 0.641. The van der Waals surface area contributed by atoms with E-state index in [9.17, 15) is 0 Å². The molecule has 1 aromatic rings. The highest BCUT2D eigenvalue weighted by molar-refractivity contribution is 7.09. The summed E-state index contributed by atoms with van der Waals surface area (Å²) in [6.07, 6.45) is 1.11. The minimum Gasteiger partial charge on any atom is -0.314 e. The van der Waals surface area contributed by atoms with Crippen molar-refractivity contribution in [1.29, 1.82) is 0 Å². The van der Waals surface area contributed by atoms with Crippen molar-refractivity contribution in [2.24, 2.45) is 5.92 Å². The Balaban J connectivity index is 2.52. The summed E-state index contributed by atoms with van der Waals surface area (Å²) >= 11 is 1.77. The molecule has 68 valence electrons. The van der Waals surface area contributed by atoms with Gasteiger partial charge in [0, 0.05) is 18.3 Å². The molecule has 0 bridgehead atoms. The molecule has 0 saturated carbocycles. The molecule has 0 aliphatic carbocycles. The first-order valence-electron chi connectivity index (χ1n) is 4.30. The maximum atomic E-state index is 4.50. The molecule has 0 saturated heterocycles. The zero-order valence-corrected chi connectivity index (χ0v) is 8.74. The van der Waals surface area contributed by atoms with Crippen LogP contribution < -0.4 is 5.32 Å². The van der Waals surface area contributed by atoms with Crippen LogP contribution in [-0.2, 0) is 13.0 Å². The van der Waals surface area contributed by atoms with Gasteiger partial charge >= 0.3 is 0 Å². The second-order valence-electron chi connectivity index (χ2n) is 3.36. The summed E-state index contributed by atoms with van der Waals surface area (Å²) in [7, 11) is 1.95. The molecule has 1 rings (SSSR count). The van der Waals surface area contributed by atoms with Gasteiger partial charge in [-0.3, -0.25) is 0 Å². The van der Waals surface area contributed by atoms with Crippen LogP contribution in [0.15, 0.2) is 5.38 Å². The van der Waals surface area contributed by atoms with Gasteiger partial charge in [0.25, 0.3) is 0 Å². The average Bonchev–Trinajstić information content (AvgIpc) is 2.36. The van der Waals surface area contributed by atoms with E-state index in [2.05, 4.69) is 29.5 Å². The normalized spacial score (nSPS) is 11.0. The molecule has 1 heterocycles. The lowest BCUT2D eigenvalue weighted by Crippen LogP contribution is -2.05. The summed E-state index contributed by atoms with van der Waals surface area (Å²) in [6, 6.07) is 0. The molecule has 0 aliphatic rings. The summed E-state index contributed by atoms with van der Waals surface area (Å²) in [4.78, 5) is 4.50. The molecule has 3 heteroatoms. The van der Waals surface area contributed by atoms with Crippen molar-refractivity contribution in [3.8, 4) is 0 Å². The number of hydrogen-bond donors (Lipinski definition) is 1. The Bertz CT molecular complexity index is 230. The van der Waals surface area contributed by atoms with Crippen LogP contribution in [-0.4, -0.2) is 12.0 Å². The molecular weight excluding hydrogens is 168 g/mol. The van der Waals surface area contributed by atoms with E-state index >= 15 is 0 Å². The van der Waals surface area contributed by atoms with Crippen LogP contribution in [0.2, 0.25) is 0 Å². The van der Waals surface area contributed by atoms with Gasteiger partial charge in [0.1, 0.15) is 0 Å². The molecule has 12 heavy (non-hydrogen) atoms. The van der Waals surface area contributed by atoms with Gasteiger partial charge in [0.05, 0.1) is 10.7 Å². The predicted octanol–water partition coefficient (Wildman–Crippen LogP) is 2.06. The van der Waals surface area contributed by atoms with E-state index in [1.165, 1.54) is 5.01 Å². The molecule has 0 radical (unpaired) electrons. The number of rotatable bonds is 4. The smallest absolute Gasteiger partial charge is 0.0931 e. The fourth-order valence-corrected chi connectivity index (χ4v) is 2.06. The van der Waals surface area contributed by atoms with Gasteiger partial charge in [0.2, 0.25) is 0 Å². The monoisotopic (exact) mass is 184 g/mol. The van der Waals surface area contributed by atoms with Crippen molar-refractivity contribution >= 4 is 11.3 Å². The van der Waals surface area contributed by atoms with Crippen molar-refractivity contribution in [1.82, 2.24) is 10.3 Å². The Hall–Kier alpha value is -0.410. The van der Waals surface area contributed by atoms with Crippen molar-refractivity contribution in [2.45, 2.75) is 26.8 Å². The number of aromatic nitrogens is 1. The van der Waals surface area contributed by atoms with Crippen molar-refractivity contribution in [3.05, 3.63) is 16.1 Å². The number of nitrogens with one attached hydrogen (secondary N) is 1. The lowest BCUT2D eigenvalue weighted by Gasteiger charge is -1.98. The van der Waals surface area contributed by atoms with Gasteiger partial charge in [-0.1, -0.05) is 13.8 Å². The molecule has 0 aromatic carbocycles. The molecule has 1 N–H and O–H groups in total. The summed E-state index contributed by atoms with van der Waals surface area (Å²) in [5.74, 6) is 0.707. The van der Waals surface area contributed by atoms with Gasteiger partial charge in [-0.05, 0) is 13.0 Å². The minimum absolute atomic E-state index is 0.707. The fourth-order valence-electron chi connectivity index (χ4n) is 1.05. The first-order valence-corrected chi connectivity index (χ1v) is 5.18. The van der Waals surface area contributed by atoms with Gasteiger partial charge in [-0.15, -0.1) is 11.3 Å². The van der Waals surface area contributed by atoms with E-state index in [4.69, 9.17) is 0 Å². The SMILES string of the molecule is CNCc1csc(CC(C)C)n1. The molecular formula is C9H16N2S. The average molecular weight is 184 g/mol. The van der Waals surface area contributed by atoms with Crippen LogP contribution in [0, 0.1) is 5.92 Å². The summed E-state index contributed by atoms with van der Waals surface area (Å²) in [6.45, 7) is 5.33. The van der Waals surface area contributed by atoms with Gasteiger partial charge in [-0.2, -0.15) is 0 Å². The van der Waals surface area contributed by atoms with E-state index in [0.717, 1.165) is 18.7 Å². The fraction of sp³-hybridized carbons (Fsp3) is 0.667. The van der Waals surface area contributed by atoms with Crippen molar-refractivity contribution < 1.29 is 0 Å². The summed E-state index contributed by atoms with van der Waals surface area (Å²) in [5.41, 5.74) is 1.16. The van der Waals surface area contributed by atoms with Gasteiger partial charge in [0.15, 0.2) is 0 Å². The van der Waals surface area contributed by atoms with Crippen LogP contribution in [0.5, 0.6) is 0 Å². The lowest BCUT2D eigenvalue weighted by atomic mass is 10.1. The van der Waals surface area contributed by atoms with Crippen molar-refractivity contribution in [3.63, 3.8) is 0 Å². The van der Waals surface area contributed by atoms with E-state index in [0.29, 0.717) is 5.92 Å². The van der Waals surface area contributed by atoms with Crippen molar-refractivity contribution in [2.75, 3.05) is 7.05 Å². The van der Waals surface area contributed by atoms with E-state index in [1.807, 2.05) is 7.05 Å². The van der Waals surface area contributed by atoms with E-state index in [-0.39, 0.29) is 0 Å². The topological polar surface area (TPSA) is 24.9 Å². The number of hydrogen-bond acceptors (Lipinski definition) is 3. The Labute approximate surface area is 78.0 Å².